The fourth-order valence-electron chi connectivity index (χ4n) is 1.66. The molecule has 0 aliphatic carbocycles. The molecule has 1 aromatic carbocycles. The summed E-state index contributed by atoms with van der Waals surface area (Å²) in [6, 6.07) is 6.01. The molecule has 0 amide bonds. The van der Waals surface area contributed by atoms with Crippen LogP contribution in [0.25, 0.3) is 0 Å². The van der Waals surface area contributed by atoms with Crippen molar-refractivity contribution in [2.24, 2.45) is 0 Å². The van der Waals surface area contributed by atoms with Gasteiger partial charge in [0, 0.05) is 7.11 Å². The van der Waals surface area contributed by atoms with Gasteiger partial charge in [0.2, 0.25) is 0 Å². The number of aliphatic hydroxyl groups is 1. The minimum Gasteiger partial charge on any atom is -0.386 e. The molecular weight excluding hydrogens is 176 g/mol. The predicted molar refractivity (Wildman–Crippen MR) is 57.3 cm³/mol. The van der Waals surface area contributed by atoms with E-state index in [2.05, 4.69) is 0 Å². The number of aliphatic hydroxyl groups excluding tert-OH is 1. The highest BCUT2D eigenvalue weighted by Gasteiger charge is 2.19. The van der Waals surface area contributed by atoms with Crippen molar-refractivity contribution in [3.63, 3.8) is 0 Å². The first-order chi connectivity index (χ1) is 6.57. The average molecular weight is 194 g/mol. The molecule has 0 aliphatic heterocycles. The molecule has 0 heterocycles. The summed E-state index contributed by atoms with van der Waals surface area (Å²) < 4.78 is 5.13. The van der Waals surface area contributed by atoms with Gasteiger partial charge in [-0.25, -0.2) is 0 Å². The summed E-state index contributed by atoms with van der Waals surface area (Å²) >= 11 is 0. The predicted octanol–water partition coefficient (Wildman–Crippen LogP) is 2.37. The van der Waals surface area contributed by atoms with Crippen LogP contribution in [0.3, 0.4) is 0 Å². The molecule has 2 nitrogen and oxygen atoms in total. The van der Waals surface area contributed by atoms with Crippen LogP contribution in [0.2, 0.25) is 0 Å². The normalized spacial score (nSPS) is 15.2. The average Bonchev–Trinajstić information content (AvgIpc) is 2.16. The van der Waals surface area contributed by atoms with Gasteiger partial charge in [-0.15, -0.1) is 0 Å². The first-order valence-electron chi connectivity index (χ1n) is 4.85. The van der Waals surface area contributed by atoms with E-state index in [-0.39, 0.29) is 6.10 Å². The van der Waals surface area contributed by atoms with Crippen LogP contribution in [-0.4, -0.2) is 18.3 Å². The van der Waals surface area contributed by atoms with Gasteiger partial charge in [-0.05, 0) is 37.5 Å². The molecule has 0 radical (unpaired) electrons. The third-order valence-corrected chi connectivity index (χ3v) is 2.65. The highest BCUT2D eigenvalue weighted by molar-refractivity contribution is 5.35. The third kappa shape index (κ3) is 2.14. The molecule has 0 saturated heterocycles. The topological polar surface area (TPSA) is 29.5 Å². The van der Waals surface area contributed by atoms with Crippen LogP contribution in [0.5, 0.6) is 0 Å². The molecule has 0 fully saturated rings. The highest BCUT2D eigenvalue weighted by atomic mass is 16.5. The molecule has 2 atom stereocenters. The van der Waals surface area contributed by atoms with Crippen molar-refractivity contribution in [3.8, 4) is 0 Å². The Morgan fingerprint density at radius 1 is 1.21 bits per heavy atom. The molecule has 2 heteroatoms. The number of hydrogen-bond donors (Lipinski definition) is 1. The summed E-state index contributed by atoms with van der Waals surface area (Å²) in [5.41, 5.74) is 3.21. The van der Waals surface area contributed by atoms with Crippen LogP contribution in [0.1, 0.15) is 29.7 Å². The van der Waals surface area contributed by atoms with E-state index in [4.69, 9.17) is 4.74 Å². The quantitative estimate of drug-likeness (QED) is 0.800. The van der Waals surface area contributed by atoms with Crippen molar-refractivity contribution in [1.82, 2.24) is 0 Å². The maximum Gasteiger partial charge on any atom is 0.105 e. The summed E-state index contributed by atoms with van der Waals surface area (Å²) in [5, 5.41) is 10.0. The molecule has 0 aromatic heterocycles. The zero-order valence-corrected chi connectivity index (χ0v) is 9.24. The lowest BCUT2D eigenvalue weighted by Crippen LogP contribution is -2.18. The van der Waals surface area contributed by atoms with E-state index < -0.39 is 6.10 Å². The highest BCUT2D eigenvalue weighted by Crippen LogP contribution is 2.25. The molecule has 1 N–H and O–H groups in total. The molecule has 0 unspecified atom stereocenters. The standard InChI is InChI=1S/C12H18O2/c1-8-6-5-7-9(2)11(8)12(13)10(3)14-4/h5-7,10,12-13H,1-4H3/t10-,12+/m0/s1. The monoisotopic (exact) mass is 194 g/mol. The number of aryl methyl sites for hydroxylation is 2. The first-order valence-corrected chi connectivity index (χ1v) is 4.85. The van der Waals surface area contributed by atoms with Crippen LogP contribution in [0, 0.1) is 13.8 Å². The molecule has 0 spiro atoms. The van der Waals surface area contributed by atoms with E-state index in [9.17, 15) is 5.11 Å². The summed E-state index contributed by atoms with van der Waals surface area (Å²) in [4.78, 5) is 0. The number of hydrogen-bond acceptors (Lipinski definition) is 2. The van der Waals surface area contributed by atoms with Gasteiger partial charge in [-0.3, -0.25) is 0 Å². The zero-order chi connectivity index (χ0) is 10.7. The second-order valence-corrected chi connectivity index (χ2v) is 3.69. The van der Waals surface area contributed by atoms with Crippen LogP contribution >= 0.6 is 0 Å². The van der Waals surface area contributed by atoms with E-state index in [0.29, 0.717) is 0 Å². The lowest BCUT2D eigenvalue weighted by Gasteiger charge is -2.21. The van der Waals surface area contributed by atoms with E-state index >= 15 is 0 Å². The summed E-state index contributed by atoms with van der Waals surface area (Å²) in [7, 11) is 1.61. The van der Waals surface area contributed by atoms with Crippen LogP contribution in [0.15, 0.2) is 18.2 Å². The Balaban J connectivity index is 3.05. The second kappa shape index (κ2) is 4.58. The van der Waals surface area contributed by atoms with Gasteiger partial charge in [0.1, 0.15) is 6.10 Å². The van der Waals surface area contributed by atoms with Gasteiger partial charge >= 0.3 is 0 Å². The minimum atomic E-state index is -0.541. The largest absolute Gasteiger partial charge is 0.386 e. The van der Waals surface area contributed by atoms with Crippen molar-refractivity contribution >= 4 is 0 Å². The van der Waals surface area contributed by atoms with Gasteiger partial charge in [0.05, 0.1) is 6.10 Å². The van der Waals surface area contributed by atoms with Crippen molar-refractivity contribution < 1.29 is 9.84 Å². The minimum absolute atomic E-state index is 0.171. The summed E-state index contributed by atoms with van der Waals surface area (Å²) in [6.07, 6.45) is -0.712. The molecule has 0 saturated carbocycles. The molecule has 14 heavy (non-hydrogen) atoms. The van der Waals surface area contributed by atoms with Crippen molar-refractivity contribution in [2.75, 3.05) is 7.11 Å². The summed E-state index contributed by atoms with van der Waals surface area (Å²) in [5.74, 6) is 0. The number of rotatable bonds is 3. The number of benzene rings is 1. The third-order valence-electron chi connectivity index (χ3n) is 2.65. The Bertz CT molecular complexity index is 287. The Labute approximate surface area is 85.5 Å². The SMILES string of the molecule is CO[C@@H](C)[C@@H](O)c1c(C)cccc1C. The molecule has 1 aromatic rings. The van der Waals surface area contributed by atoms with Gasteiger partial charge in [0.25, 0.3) is 0 Å². The lowest BCUT2D eigenvalue weighted by atomic mass is 9.95. The maximum absolute atomic E-state index is 10.0. The Morgan fingerprint density at radius 3 is 2.14 bits per heavy atom. The second-order valence-electron chi connectivity index (χ2n) is 3.69. The van der Waals surface area contributed by atoms with Crippen molar-refractivity contribution in [2.45, 2.75) is 33.0 Å². The molecular formula is C12H18O2. The fourth-order valence-corrected chi connectivity index (χ4v) is 1.66. The Hall–Kier alpha value is -0.860. The van der Waals surface area contributed by atoms with Crippen molar-refractivity contribution in [3.05, 3.63) is 34.9 Å². The smallest absolute Gasteiger partial charge is 0.105 e. The lowest BCUT2D eigenvalue weighted by molar-refractivity contribution is -0.00203. The number of ether oxygens (including phenoxy) is 1. The Morgan fingerprint density at radius 2 is 1.71 bits per heavy atom. The van der Waals surface area contributed by atoms with E-state index in [1.165, 1.54) is 0 Å². The molecule has 1 rings (SSSR count). The van der Waals surface area contributed by atoms with Crippen LogP contribution in [-0.2, 0) is 4.74 Å². The number of methoxy groups -OCH3 is 1. The van der Waals surface area contributed by atoms with Crippen LogP contribution < -0.4 is 0 Å². The zero-order valence-electron chi connectivity index (χ0n) is 9.24. The molecule has 0 bridgehead atoms. The fraction of sp³-hybridized carbons (Fsp3) is 0.500. The molecule has 78 valence electrons. The van der Waals surface area contributed by atoms with Gasteiger partial charge in [-0.1, -0.05) is 18.2 Å². The van der Waals surface area contributed by atoms with E-state index in [1.54, 1.807) is 7.11 Å². The van der Waals surface area contributed by atoms with Gasteiger partial charge < -0.3 is 9.84 Å². The van der Waals surface area contributed by atoms with Gasteiger partial charge in [-0.2, -0.15) is 0 Å². The summed E-state index contributed by atoms with van der Waals surface area (Å²) in [6.45, 7) is 5.89. The van der Waals surface area contributed by atoms with Crippen LogP contribution in [0.4, 0.5) is 0 Å². The van der Waals surface area contributed by atoms with Crippen molar-refractivity contribution in [1.29, 1.82) is 0 Å². The Kier molecular flexibility index (Phi) is 3.67. The van der Waals surface area contributed by atoms with Gasteiger partial charge in [0.15, 0.2) is 0 Å². The van der Waals surface area contributed by atoms with E-state index in [0.717, 1.165) is 16.7 Å². The maximum atomic E-state index is 10.0. The first kappa shape index (κ1) is 11.2. The molecule has 0 aliphatic rings. The van der Waals surface area contributed by atoms with E-state index in [1.807, 2.05) is 39.0 Å².